The third kappa shape index (κ3) is 3.50. The van der Waals surface area contributed by atoms with E-state index in [0.29, 0.717) is 31.9 Å². The summed E-state index contributed by atoms with van der Waals surface area (Å²) in [6, 6.07) is 9.82. The van der Waals surface area contributed by atoms with Crippen LogP contribution in [-0.4, -0.2) is 49.7 Å². The molecule has 0 aliphatic carbocycles. The Morgan fingerprint density at radius 3 is 2.85 bits per heavy atom. The van der Waals surface area contributed by atoms with Gasteiger partial charge < -0.3 is 9.64 Å². The molecule has 1 aliphatic rings. The highest BCUT2D eigenvalue weighted by Crippen LogP contribution is 2.28. The van der Waals surface area contributed by atoms with Crippen LogP contribution in [0.2, 0.25) is 0 Å². The second kappa shape index (κ2) is 7.58. The molecular formula is C19H21N5O2S. The Kier molecular flexibility index (Phi) is 5.00. The van der Waals surface area contributed by atoms with Crippen molar-refractivity contribution in [2.24, 2.45) is 0 Å². The fourth-order valence-corrected chi connectivity index (χ4v) is 4.09. The minimum atomic E-state index is -0.267. The van der Waals surface area contributed by atoms with Crippen molar-refractivity contribution in [1.82, 2.24) is 24.0 Å². The molecule has 0 unspecified atom stereocenters. The van der Waals surface area contributed by atoms with E-state index < -0.39 is 0 Å². The van der Waals surface area contributed by atoms with Gasteiger partial charge in [0.1, 0.15) is 12.4 Å². The van der Waals surface area contributed by atoms with Crippen molar-refractivity contribution in [3.05, 3.63) is 64.2 Å². The Morgan fingerprint density at radius 1 is 1.30 bits per heavy atom. The zero-order chi connectivity index (χ0) is 18.8. The zero-order valence-corrected chi connectivity index (χ0v) is 16.1. The molecule has 1 aliphatic heterocycles. The summed E-state index contributed by atoms with van der Waals surface area (Å²) in [6.07, 6.45) is 1.54. The minimum absolute atomic E-state index is 0.0127. The van der Waals surface area contributed by atoms with Crippen LogP contribution in [-0.2, 0) is 11.3 Å². The lowest BCUT2D eigenvalue weighted by molar-refractivity contribution is -0.00641. The summed E-state index contributed by atoms with van der Waals surface area (Å²) in [5.74, 6) is 0.728. The average molecular weight is 383 g/mol. The third-order valence-electron chi connectivity index (χ3n) is 4.76. The molecule has 3 aromatic rings. The van der Waals surface area contributed by atoms with Gasteiger partial charge in [-0.05, 0) is 30.9 Å². The van der Waals surface area contributed by atoms with E-state index >= 15 is 0 Å². The van der Waals surface area contributed by atoms with Crippen LogP contribution in [0.4, 0.5) is 0 Å². The number of morpholine rings is 1. The van der Waals surface area contributed by atoms with E-state index in [1.54, 1.807) is 0 Å². The second-order valence-corrected chi connectivity index (χ2v) is 7.53. The number of hydrogen-bond acceptors (Lipinski definition) is 6. The number of carbonyl (C=O) groups excluding carboxylic acids is 1. The maximum Gasteiger partial charge on any atom is 0.257 e. The molecule has 3 heterocycles. The van der Waals surface area contributed by atoms with Crippen LogP contribution in [0, 0.1) is 13.8 Å². The molecule has 1 saturated heterocycles. The molecule has 0 saturated carbocycles. The molecule has 140 valence electrons. The van der Waals surface area contributed by atoms with Crippen molar-refractivity contribution < 1.29 is 9.53 Å². The molecule has 0 bridgehead atoms. The fourth-order valence-electron chi connectivity index (χ4n) is 3.40. The monoisotopic (exact) mass is 383 g/mol. The van der Waals surface area contributed by atoms with Crippen molar-refractivity contribution in [3.63, 3.8) is 0 Å². The predicted molar refractivity (Wildman–Crippen MR) is 102 cm³/mol. The van der Waals surface area contributed by atoms with E-state index in [0.717, 1.165) is 22.0 Å². The summed E-state index contributed by atoms with van der Waals surface area (Å²) in [5, 5.41) is 4.38. The smallest absolute Gasteiger partial charge is 0.257 e. The molecule has 1 fully saturated rings. The molecule has 1 amide bonds. The number of carbonyl (C=O) groups is 1. The maximum absolute atomic E-state index is 13.3. The van der Waals surface area contributed by atoms with Gasteiger partial charge in [-0.2, -0.15) is 9.47 Å². The Balaban J connectivity index is 1.64. The molecule has 1 atom stereocenters. The number of ether oxygens (including phenoxy) is 1. The molecule has 7 nitrogen and oxygen atoms in total. The summed E-state index contributed by atoms with van der Waals surface area (Å²) >= 11 is 1.37. The molecule has 0 N–H and O–H groups in total. The van der Waals surface area contributed by atoms with Crippen molar-refractivity contribution in [2.45, 2.75) is 26.4 Å². The number of aromatic nitrogens is 4. The third-order valence-corrected chi connectivity index (χ3v) is 5.60. The van der Waals surface area contributed by atoms with Gasteiger partial charge in [0, 0.05) is 11.4 Å². The number of hydrogen-bond donors (Lipinski definition) is 0. The highest BCUT2D eigenvalue weighted by Gasteiger charge is 2.34. The molecule has 1 aromatic carbocycles. The van der Waals surface area contributed by atoms with Gasteiger partial charge in [-0.1, -0.05) is 30.3 Å². The Morgan fingerprint density at radius 2 is 2.11 bits per heavy atom. The summed E-state index contributed by atoms with van der Waals surface area (Å²) in [4.78, 5) is 20.5. The molecule has 0 radical (unpaired) electrons. The van der Waals surface area contributed by atoms with E-state index in [4.69, 9.17) is 4.74 Å². The van der Waals surface area contributed by atoms with Gasteiger partial charge in [-0.15, -0.1) is 0 Å². The molecule has 8 heteroatoms. The Hall–Kier alpha value is -2.58. The lowest BCUT2D eigenvalue weighted by Crippen LogP contribution is -2.44. The van der Waals surface area contributed by atoms with Crippen LogP contribution in [0.1, 0.15) is 38.4 Å². The number of amides is 1. The molecule has 27 heavy (non-hydrogen) atoms. The van der Waals surface area contributed by atoms with Crippen LogP contribution >= 0.6 is 11.5 Å². The SMILES string of the molecule is Cc1nsc(C)c1C(=O)N1CCOC[C@@H]1c1ncnn1Cc1ccccc1. The fraction of sp³-hybridized carbons (Fsp3) is 0.368. The van der Waals surface area contributed by atoms with Gasteiger partial charge in [0.2, 0.25) is 0 Å². The molecule has 2 aromatic heterocycles. The maximum atomic E-state index is 13.3. The van der Waals surface area contributed by atoms with Crippen molar-refractivity contribution in [1.29, 1.82) is 0 Å². The van der Waals surface area contributed by atoms with Crippen molar-refractivity contribution in [3.8, 4) is 0 Å². The second-order valence-electron chi connectivity index (χ2n) is 6.55. The van der Waals surface area contributed by atoms with Gasteiger partial charge in [0.15, 0.2) is 5.82 Å². The van der Waals surface area contributed by atoms with E-state index in [9.17, 15) is 4.79 Å². The Bertz CT molecular complexity index is 917. The highest BCUT2D eigenvalue weighted by atomic mass is 32.1. The van der Waals surface area contributed by atoms with Crippen LogP contribution in [0.3, 0.4) is 0 Å². The number of rotatable bonds is 4. The van der Waals surface area contributed by atoms with Crippen LogP contribution in [0.5, 0.6) is 0 Å². The summed E-state index contributed by atoms with van der Waals surface area (Å²) < 4.78 is 11.9. The predicted octanol–water partition coefficient (Wildman–Crippen LogP) is 2.61. The number of nitrogens with zero attached hydrogens (tertiary/aromatic N) is 5. The topological polar surface area (TPSA) is 73.1 Å². The lowest BCUT2D eigenvalue weighted by atomic mass is 10.1. The largest absolute Gasteiger partial charge is 0.377 e. The zero-order valence-electron chi connectivity index (χ0n) is 15.3. The van der Waals surface area contributed by atoms with Crippen LogP contribution in [0.25, 0.3) is 0 Å². The molecule has 4 rings (SSSR count). The van der Waals surface area contributed by atoms with E-state index in [2.05, 4.69) is 26.6 Å². The average Bonchev–Trinajstić information content (AvgIpc) is 3.28. The normalized spacial score (nSPS) is 17.3. The first-order valence-corrected chi connectivity index (χ1v) is 9.65. The molecule has 0 spiro atoms. The first kappa shape index (κ1) is 17.8. The van der Waals surface area contributed by atoms with E-state index in [-0.39, 0.29) is 11.9 Å². The van der Waals surface area contributed by atoms with Gasteiger partial charge >= 0.3 is 0 Å². The first-order valence-electron chi connectivity index (χ1n) is 8.88. The van der Waals surface area contributed by atoms with E-state index in [1.807, 2.05) is 41.6 Å². The first-order chi connectivity index (χ1) is 13.1. The van der Waals surface area contributed by atoms with Crippen LogP contribution in [0.15, 0.2) is 36.7 Å². The van der Waals surface area contributed by atoms with E-state index in [1.165, 1.54) is 17.9 Å². The lowest BCUT2D eigenvalue weighted by Gasteiger charge is -2.35. The van der Waals surface area contributed by atoms with Gasteiger partial charge in [-0.3, -0.25) is 4.79 Å². The number of benzene rings is 1. The van der Waals surface area contributed by atoms with Gasteiger partial charge in [-0.25, -0.2) is 9.67 Å². The van der Waals surface area contributed by atoms with Crippen LogP contribution < -0.4 is 0 Å². The summed E-state index contributed by atoms with van der Waals surface area (Å²) in [5.41, 5.74) is 2.60. The molecular weight excluding hydrogens is 362 g/mol. The number of aryl methyl sites for hydroxylation is 2. The minimum Gasteiger partial charge on any atom is -0.377 e. The quantitative estimate of drug-likeness (QED) is 0.692. The Labute approximate surface area is 161 Å². The highest BCUT2D eigenvalue weighted by molar-refractivity contribution is 7.06. The standard InChI is InChI=1S/C19H21N5O2S/c1-13-17(14(2)27-22-13)19(25)23-8-9-26-11-16(23)18-20-12-21-24(18)10-15-6-4-3-5-7-15/h3-7,12,16H,8-11H2,1-2H3/t16-/m1/s1. The van der Waals surface area contributed by atoms with Gasteiger partial charge in [0.05, 0.1) is 31.0 Å². The van der Waals surface area contributed by atoms with Gasteiger partial charge in [0.25, 0.3) is 5.91 Å². The summed E-state index contributed by atoms with van der Waals surface area (Å²) in [6.45, 7) is 5.87. The van der Waals surface area contributed by atoms with Crippen molar-refractivity contribution in [2.75, 3.05) is 19.8 Å². The van der Waals surface area contributed by atoms with Crippen molar-refractivity contribution >= 4 is 17.4 Å². The summed E-state index contributed by atoms with van der Waals surface area (Å²) in [7, 11) is 0.